The van der Waals surface area contributed by atoms with E-state index in [1.807, 2.05) is 18.7 Å². The average Bonchev–Trinajstić information content (AvgIpc) is 3.24. The van der Waals surface area contributed by atoms with Gasteiger partial charge >= 0.3 is 0 Å². The van der Waals surface area contributed by atoms with E-state index in [0.717, 1.165) is 29.3 Å². The van der Waals surface area contributed by atoms with Gasteiger partial charge in [-0.1, -0.05) is 18.5 Å². The van der Waals surface area contributed by atoms with Gasteiger partial charge in [0.25, 0.3) is 0 Å². The summed E-state index contributed by atoms with van der Waals surface area (Å²) in [6, 6.07) is 0.0695. The zero-order valence-electron chi connectivity index (χ0n) is 12.5. The molecule has 0 aliphatic heterocycles. The second-order valence-corrected chi connectivity index (χ2v) is 5.80. The maximum atomic E-state index is 6.42. The molecule has 6 heteroatoms. The third-order valence-electron chi connectivity index (χ3n) is 3.97. The van der Waals surface area contributed by atoms with Crippen LogP contribution in [0, 0.1) is 5.92 Å². The van der Waals surface area contributed by atoms with Gasteiger partial charge in [-0.05, 0) is 32.1 Å². The molecule has 2 rings (SSSR count). The lowest BCUT2D eigenvalue weighted by molar-refractivity contribution is 0.0188. The molecule has 0 aromatic carbocycles. The van der Waals surface area contributed by atoms with Crippen molar-refractivity contribution in [3.63, 3.8) is 0 Å². The molecule has 1 fully saturated rings. The molecule has 20 heavy (non-hydrogen) atoms. The third kappa shape index (κ3) is 3.34. The van der Waals surface area contributed by atoms with Crippen LogP contribution >= 0.6 is 11.6 Å². The first-order valence-corrected chi connectivity index (χ1v) is 7.78. The molecule has 1 heterocycles. The van der Waals surface area contributed by atoms with Crippen molar-refractivity contribution in [1.82, 2.24) is 15.2 Å². The number of halogens is 1. The number of nitrogens with two attached hydrogens (primary N) is 1. The Balaban J connectivity index is 2.14. The predicted molar refractivity (Wildman–Crippen MR) is 80.5 cm³/mol. The molecule has 5 nitrogen and oxygen atoms in total. The first-order valence-electron chi connectivity index (χ1n) is 7.40. The fourth-order valence-electron chi connectivity index (χ4n) is 2.72. The van der Waals surface area contributed by atoms with E-state index >= 15 is 0 Å². The van der Waals surface area contributed by atoms with Gasteiger partial charge in [0, 0.05) is 20.1 Å². The van der Waals surface area contributed by atoms with Crippen LogP contribution in [0.1, 0.15) is 38.1 Å². The molecule has 0 saturated heterocycles. The van der Waals surface area contributed by atoms with Gasteiger partial charge in [-0.15, -0.1) is 0 Å². The van der Waals surface area contributed by atoms with Crippen molar-refractivity contribution in [3.05, 3.63) is 16.4 Å². The van der Waals surface area contributed by atoms with E-state index in [1.165, 1.54) is 12.8 Å². The van der Waals surface area contributed by atoms with Gasteiger partial charge in [-0.3, -0.25) is 16.0 Å². The van der Waals surface area contributed by atoms with Crippen molar-refractivity contribution < 1.29 is 4.74 Å². The number of hydrogen-bond donors (Lipinski definition) is 2. The molecule has 2 unspecified atom stereocenters. The number of aryl methyl sites for hydroxylation is 2. The lowest BCUT2D eigenvalue weighted by atomic mass is 10.0. The van der Waals surface area contributed by atoms with Gasteiger partial charge < -0.3 is 4.74 Å². The summed E-state index contributed by atoms with van der Waals surface area (Å²) in [5.41, 5.74) is 4.88. The smallest absolute Gasteiger partial charge is 0.0850 e. The van der Waals surface area contributed by atoms with Gasteiger partial charge in [0.05, 0.1) is 28.6 Å². The van der Waals surface area contributed by atoms with Crippen molar-refractivity contribution in [2.75, 3.05) is 6.61 Å². The Hall–Kier alpha value is -0.620. The molecule has 1 saturated carbocycles. The van der Waals surface area contributed by atoms with Crippen molar-refractivity contribution in [2.24, 2.45) is 18.8 Å². The van der Waals surface area contributed by atoms with Gasteiger partial charge in [0.1, 0.15) is 0 Å². The monoisotopic (exact) mass is 300 g/mol. The first kappa shape index (κ1) is 15.8. The molecule has 0 radical (unpaired) electrons. The van der Waals surface area contributed by atoms with Crippen molar-refractivity contribution in [2.45, 2.75) is 51.7 Å². The number of rotatable bonds is 8. The Labute approximate surface area is 125 Å². The number of hydrazine groups is 1. The lowest BCUT2D eigenvalue weighted by Crippen LogP contribution is -2.48. The Morgan fingerprint density at radius 3 is 2.65 bits per heavy atom. The van der Waals surface area contributed by atoms with Gasteiger partial charge in [0.15, 0.2) is 0 Å². The summed E-state index contributed by atoms with van der Waals surface area (Å²) in [6.07, 6.45) is 4.18. The van der Waals surface area contributed by atoms with Crippen LogP contribution in [0.4, 0.5) is 0 Å². The quantitative estimate of drug-likeness (QED) is 0.568. The van der Waals surface area contributed by atoms with Crippen molar-refractivity contribution in [1.29, 1.82) is 0 Å². The number of nitrogens with one attached hydrogen (secondary N) is 1. The lowest BCUT2D eigenvalue weighted by Gasteiger charge is -2.26. The highest BCUT2D eigenvalue weighted by molar-refractivity contribution is 6.31. The molecule has 1 aromatic heterocycles. The van der Waals surface area contributed by atoms with E-state index in [-0.39, 0.29) is 12.1 Å². The standard InChI is InChI=1S/C14H25ClN4O/c1-4-10-13(15)12(19(3)18-10)8-11(17-16)14(20-5-2)9-6-7-9/h9,11,14,17H,4-8,16H2,1-3H3. The number of aromatic nitrogens is 2. The van der Waals surface area contributed by atoms with Crippen LogP contribution < -0.4 is 11.3 Å². The minimum Gasteiger partial charge on any atom is -0.377 e. The zero-order valence-corrected chi connectivity index (χ0v) is 13.3. The summed E-state index contributed by atoms with van der Waals surface area (Å²) in [5.74, 6) is 6.37. The normalized spacial score (nSPS) is 18.2. The molecule has 1 aromatic rings. The average molecular weight is 301 g/mol. The van der Waals surface area contributed by atoms with Crippen LogP contribution in [0.2, 0.25) is 5.02 Å². The van der Waals surface area contributed by atoms with E-state index in [1.54, 1.807) is 0 Å². The van der Waals surface area contributed by atoms with E-state index in [2.05, 4.69) is 17.4 Å². The Kier molecular flexibility index (Phi) is 5.43. The van der Waals surface area contributed by atoms with E-state index in [9.17, 15) is 0 Å². The topological polar surface area (TPSA) is 65.1 Å². The number of nitrogens with zero attached hydrogens (tertiary/aromatic N) is 2. The molecule has 1 aliphatic carbocycles. The molecule has 0 spiro atoms. The highest BCUT2D eigenvalue weighted by Gasteiger charge is 2.37. The van der Waals surface area contributed by atoms with Crippen molar-refractivity contribution in [3.8, 4) is 0 Å². The maximum absolute atomic E-state index is 6.42. The SMILES string of the molecule is CCOC(C1CC1)C(Cc1c(Cl)c(CC)nn1C)NN. The summed E-state index contributed by atoms with van der Waals surface area (Å²) in [5, 5.41) is 5.22. The second-order valence-electron chi connectivity index (χ2n) is 5.42. The zero-order chi connectivity index (χ0) is 14.7. The van der Waals surface area contributed by atoms with Gasteiger partial charge in [0.2, 0.25) is 0 Å². The molecule has 2 atom stereocenters. The molecular formula is C14H25ClN4O. The summed E-state index contributed by atoms with van der Waals surface area (Å²) in [4.78, 5) is 0. The Morgan fingerprint density at radius 2 is 2.20 bits per heavy atom. The summed E-state index contributed by atoms with van der Waals surface area (Å²) >= 11 is 6.42. The molecule has 1 aliphatic rings. The third-order valence-corrected chi connectivity index (χ3v) is 4.41. The minimum absolute atomic E-state index is 0.0695. The fourth-order valence-corrected chi connectivity index (χ4v) is 3.09. The van der Waals surface area contributed by atoms with Crippen LogP contribution in [0.5, 0.6) is 0 Å². The highest BCUT2D eigenvalue weighted by atomic mass is 35.5. The fraction of sp³-hybridized carbons (Fsp3) is 0.786. The van der Waals surface area contributed by atoms with Crippen molar-refractivity contribution >= 4 is 11.6 Å². The molecule has 0 bridgehead atoms. The van der Waals surface area contributed by atoms with E-state index in [4.69, 9.17) is 22.2 Å². The summed E-state index contributed by atoms with van der Waals surface area (Å²) < 4.78 is 7.75. The maximum Gasteiger partial charge on any atom is 0.0850 e. The predicted octanol–water partition coefficient (Wildman–Crippen LogP) is 1.83. The van der Waals surface area contributed by atoms with Crippen LogP contribution in [0.3, 0.4) is 0 Å². The Morgan fingerprint density at radius 1 is 1.50 bits per heavy atom. The largest absolute Gasteiger partial charge is 0.377 e. The molecule has 3 N–H and O–H groups in total. The summed E-state index contributed by atoms with van der Waals surface area (Å²) in [7, 11) is 1.93. The minimum atomic E-state index is 0.0695. The van der Waals surface area contributed by atoms with E-state index < -0.39 is 0 Å². The van der Waals surface area contributed by atoms with Crippen LogP contribution in [0.25, 0.3) is 0 Å². The number of hydrogen-bond acceptors (Lipinski definition) is 4. The summed E-state index contributed by atoms with van der Waals surface area (Å²) in [6.45, 7) is 4.79. The molecule has 0 amide bonds. The Bertz CT molecular complexity index is 445. The van der Waals surface area contributed by atoms with Crippen LogP contribution in [-0.4, -0.2) is 28.5 Å². The highest BCUT2D eigenvalue weighted by Crippen LogP contribution is 2.37. The van der Waals surface area contributed by atoms with E-state index in [0.29, 0.717) is 12.5 Å². The molecule has 114 valence electrons. The molecular weight excluding hydrogens is 276 g/mol. The number of ether oxygens (including phenoxy) is 1. The van der Waals surface area contributed by atoms with Gasteiger partial charge in [-0.25, -0.2) is 0 Å². The second kappa shape index (κ2) is 6.89. The first-order chi connectivity index (χ1) is 9.62. The van der Waals surface area contributed by atoms with Gasteiger partial charge in [-0.2, -0.15) is 5.10 Å². The van der Waals surface area contributed by atoms with Crippen LogP contribution in [0.15, 0.2) is 0 Å². The van der Waals surface area contributed by atoms with Crippen LogP contribution in [-0.2, 0) is 24.6 Å².